The lowest BCUT2D eigenvalue weighted by Crippen LogP contribution is -2.19. The molecule has 2 nitrogen and oxygen atoms in total. The molecular formula is C13H18N2. The van der Waals surface area contributed by atoms with Crippen LogP contribution in [0.4, 0.5) is 0 Å². The lowest BCUT2D eigenvalue weighted by molar-refractivity contribution is 0.551. The van der Waals surface area contributed by atoms with Crippen molar-refractivity contribution in [3.63, 3.8) is 0 Å². The van der Waals surface area contributed by atoms with Gasteiger partial charge in [-0.15, -0.1) is 0 Å². The summed E-state index contributed by atoms with van der Waals surface area (Å²) in [5.74, 6) is 0.670. The van der Waals surface area contributed by atoms with Crippen LogP contribution in [0.5, 0.6) is 0 Å². The predicted octanol–water partition coefficient (Wildman–Crippen LogP) is 2.61. The average molecular weight is 202 g/mol. The third kappa shape index (κ3) is 3.73. The molecule has 0 aromatic heterocycles. The quantitative estimate of drug-likeness (QED) is 0.814. The van der Waals surface area contributed by atoms with Crippen LogP contribution in [-0.4, -0.2) is 6.54 Å². The molecule has 1 aromatic rings. The summed E-state index contributed by atoms with van der Waals surface area (Å²) >= 11 is 0. The standard InChI is InChI=1S/C13H18N2/c1-10(2)8-15-9-13-5-4-12(7-14)6-11(13)3/h4-6,10,15H,8-9H2,1-3H3. The Labute approximate surface area is 91.9 Å². The first-order chi connectivity index (χ1) is 7.13. The fourth-order valence-electron chi connectivity index (χ4n) is 1.46. The van der Waals surface area contributed by atoms with Gasteiger partial charge in [0.25, 0.3) is 0 Å². The third-order valence-corrected chi connectivity index (χ3v) is 2.34. The highest BCUT2D eigenvalue weighted by Crippen LogP contribution is 2.10. The first kappa shape index (κ1) is 11.7. The lowest BCUT2D eigenvalue weighted by Gasteiger charge is -2.09. The Morgan fingerprint density at radius 3 is 2.67 bits per heavy atom. The molecule has 0 spiro atoms. The molecule has 0 radical (unpaired) electrons. The van der Waals surface area contributed by atoms with E-state index in [1.807, 2.05) is 25.1 Å². The molecule has 0 bridgehead atoms. The van der Waals surface area contributed by atoms with Crippen LogP contribution in [0.15, 0.2) is 18.2 Å². The number of rotatable bonds is 4. The van der Waals surface area contributed by atoms with E-state index in [0.29, 0.717) is 5.92 Å². The maximum absolute atomic E-state index is 8.74. The molecule has 0 aliphatic heterocycles. The van der Waals surface area contributed by atoms with Crippen LogP contribution < -0.4 is 5.32 Å². The maximum Gasteiger partial charge on any atom is 0.0991 e. The van der Waals surface area contributed by atoms with Gasteiger partial charge < -0.3 is 5.32 Å². The minimum Gasteiger partial charge on any atom is -0.312 e. The Kier molecular flexibility index (Phi) is 4.33. The van der Waals surface area contributed by atoms with Crippen molar-refractivity contribution in [2.24, 2.45) is 5.92 Å². The third-order valence-electron chi connectivity index (χ3n) is 2.34. The van der Waals surface area contributed by atoms with E-state index in [9.17, 15) is 0 Å². The number of nitrogens with one attached hydrogen (secondary N) is 1. The average Bonchev–Trinajstić information content (AvgIpc) is 2.20. The topological polar surface area (TPSA) is 35.8 Å². The molecule has 1 N–H and O–H groups in total. The smallest absolute Gasteiger partial charge is 0.0991 e. The van der Waals surface area contributed by atoms with Crippen molar-refractivity contribution in [1.29, 1.82) is 5.26 Å². The highest BCUT2D eigenvalue weighted by Gasteiger charge is 2.00. The van der Waals surface area contributed by atoms with Crippen LogP contribution in [0.1, 0.15) is 30.5 Å². The number of aryl methyl sites for hydroxylation is 1. The van der Waals surface area contributed by atoms with Crippen molar-refractivity contribution in [3.05, 3.63) is 34.9 Å². The van der Waals surface area contributed by atoms with Gasteiger partial charge in [-0.3, -0.25) is 0 Å². The molecule has 0 heterocycles. The summed E-state index contributed by atoms with van der Waals surface area (Å²) < 4.78 is 0. The molecule has 0 saturated heterocycles. The zero-order valence-corrected chi connectivity index (χ0v) is 9.67. The number of nitriles is 1. The van der Waals surface area contributed by atoms with Gasteiger partial charge in [-0.2, -0.15) is 5.26 Å². The maximum atomic E-state index is 8.74. The molecule has 0 fully saturated rings. The second kappa shape index (κ2) is 5.53. The Morgan fingerprint density at radius 1 is 1.40 bits per heavy atom. The van der Waals surface area contributed by atoms with Crippen LogP contribution in [0.25, 0.3) is 0 Å². The van der Waals surface area contributed by atoms with Crippen LogP contribution in [0.3, 0.4) is 0 Å². The van der Waals surface area contributed by atoms with Gasteiger partial charge in [0.2, 0.25) is 0 Å². The largest absolute Gasteiger partial charge is 0.312 e. The second-order valence-corrected chi connectivity index (χ2v) is 4.28. The first-order valence-electron chi connectivity index (χ1n) is 5.34. The minimum atomic E-state index is 0.670. The zero-order chi connectivity index (χ0) is 11.3. The number of benzene rings is 1. The van der Waals surface area contributed by atoms with E-state index in [0.717, 1.165) is 18.7 Å². The summed E-state index contributed by atoms with van der Waals surface area (Å²) in [4.78, 5) is 0. The van der Waals surface area contributed by atoms with Crippen molar-refractivity contribution < 1.29 is 0 Å². The van der Waals surface area contributed by atoms with Gasteiger partial charge in [0, 0.05) is 6.54 Å². The molecule has 1 aromatic carbocycles. The SMILES string of the molecule is Cc1cc(C#N)ccc1CNCC(C)C. The molecular weight excluding hydrogens is 184 g/mol. The van der Waals surface area contributed by atoms with Crippen molar-refractivity contribution in [2.75, 3.05) is 6.54 Å². The molecule has 15 heavy (non-hydrogen) atoms. The second-order valence-electron chi connectivity index (χ2n) is 4.28. The summed E-state index contributed by atoms with van der Waals surface area (Å²) in [5, 5.41) is 12.1. The molecule has 1 rings (SSSR count). The molecule has 80 valence electrons. The molecule has 0 amide bonds. The molecule has 0 unspecified atom stereocenters. The van der Waals surface area contributed by atoms with Crippen molar-refractivity contribution in [2.45, 2.75) is 27.3 Å². The van der Waals surface area contributed by atoms with Crippen molar-refractivity contribution in [3.8, 4) is 6.07 Å². The highest BCUT2D eigenvalue weighted by atomic mass is 14.8. The van der Waals surface area contributed by atoms with Gasteiger partial charge in [0.1, 0.15) is 0 Å². The van der Waals surface area contributed by atoms with E-state index >= 15 is 0 Å². The Hall–Kier alpha value is -1.33. The normalized spacial score (nSPS) is 10.3. The molecule has 0 aliphatic carbocycles. The van der Waals surface area contributed by atoms with Crippen molar-refractivity contribution in [1.82, 2.24) is 5.32 Å². The van der Waals surface area contributed by atoms with E-state index in [4.69, 9.17) is 5.26 Å². The fourth-order valence-corrected chi connectivity index (χ4v) is 1.46. The van der Waals surface area contributed by atoms with Crippen LogP contribution in [0.2, 0.25) is 0 Å². The van der Waals surface area contributed by atoms with E-state index in [1.165, 1.54) is 11.1 Å². The highest BCUT2D eigenvalue weighted by molar-refractivity contribution is 5.37. The van der Waals surface area contributed by atoms with Gasteiger partial charge in [-0.05, 0) is 42.6 Å². The summed E-state index contributed by atoms with van der Waals surface area (Å²) in [6.45, 7) is 8.35. The van der Waals surface area contributed by atoms with Gasteiger partial charge in [-0.25, -0.2) is 0 Å². The monoisotopic (exact) mass is 202 g/mol. The van der Waals surface area contributed by atoms with Gasteiger partial charge in [-0.1, -0.05) is 19.9 Å². The Balaban J connectivity index is 2.59. The predicted molar refractivity (Wildman–Crippen MR) is 62.4 cm³/mol. The zero-order valence-electron chi connectivity index (χ0n) is 9.67. The first-order valence-corrected chi connectivity index (χ1v) is 5.34. The molecule has 2 heteroatoms. The van der Waals surface area contributed by atoms with Crippen LogP contribution in [-0.2, 0) is 6.54 Å². The molecule has 0 atom stereocenters. The van der Waals surface area contributed by atoms with E-state index in [-0.39, 0.29) is 0 Å². The summed E-state index contributed by atoms with van der Waals surface area (Å²) in [7, 11) is 0. The molecule has 0 saturated carbocycles. The molecule has 0 aliphatic rings. The van der Waals surface area contributed by atoms with E-state index < -0.39 is 0 Å². The van der Waals surface area contributed by atoms with Crippen LogP contribution >= 0.6 is 0 Å². The fraction of sp³-hybridized carbons (Fsp3) is 0.462. The van der Waals surface area contributed by atoms with E-state index in [1.54, 1.807) is 0 Å². The van der Waals surface area contributed by atoms with Crippen LogP contribution in [0, 0.1) is 24.2 Å². The summed E-state index contributed by atoms with van der Waals surface area (Å²) in [6.07, 6.45) is 0. The van der Waals surface area contributed by atoms with Crippen molar-refractivity contribution >= 4 is 0 Å². The van der Waals surface area contributed by atoms with Gasteiger partial charge >= 0.3 is 0 Å². The number of hydrogen-bond donors (Lipinski definition) is 1. The Morgan fingerprint density at radius 2 is 2.13 bits per heavy atom. The number of nitrogens with zero attached hydrogens (tertiary/aromatic N) is 1. The lowest BCUT2D eigenvalue weighted by atomic mass is 10.1. The van der Waals surface area contributed by atoms with E-state index in [2.05, 4.69) is 25.2 Å². The summed E-state index contributed by atoms with van der Waals surface area (Å²) in [5.41, 5.74) is 3.19. The number of hydrogen-bond acceptors (Lipinski definition) is 2. The van der Waals surface area contributed by atoms with Gasteiger partial charge in [0.15, 0.2) is 0 Å². The summed E-state index contributed by atoms with van der Waals surface area (Å²) in [6, 6.07) is 7.99. The minimum absolute atomic E-state index is 0.670. The Bertz CT molecular complexity index is 361. The van der Waals surface area contributed by atoms with Gasteiger partial charge in [0.05, 0.1) is 11.6 Å².